The van der Waals surface area contributed by atoms with E-state index < -0.39 is 16.6 Å². The third-order valence-electron chi connectivity index (χ3n) is 2.93. The van der Waals surface area contributed by atoms with Gasteiger partial charge in [-0.15, -0.1) is 0 Å². The van der Waals surface area contributed by atoms with Crippen molar-refractivity contribution in [1.82, 2.24) is 0 Å². The number of anilines is 1. The predicted molar refractivity (Wildman–Crippen MR) is 75.6 cm³/mol. The van der Waals surface area contributed by atoms with E-state index in [1.54, 1.807) is 12.3 Å². The Kier molecular flexibility index (Phi) is 4.22. The SMILES string of the molecule is CC(Cc1ccco1)Nc1ccc(C(=O)O)c([N+](=O)[O-])c1. The van der Waals surface area contributed by atoms with E-state index in [1.807, 2.05) is 13.0 Å². The first-order valence-electron chi connectivity index (χ1n) is 6.28. The maximum Gasteiger partial charge on any atom is 0.342 e. The van der Waals surface area contributed by atoms with Crippen LogP contribution in [-0.4, -0.2) is 22.0 Å². The third-order valence-corrected chi connectivity index (χ3v) is 2.93. The van der Waals surface area contributed by atoms with Gasteiger partial charge in [0.2, 0.25) is 0 Å². The molecule has 1 atom stereocenters. The number of aromatic carboxylic acids is 1. The van der Waals surface area contributed by atoms with Crippen molar-refractivity contribution in [2.75, 3.05) is 5.32 Å². The number of nitrogens with one attached hydrogen (secondary N) is 1. The fourth-order valence-corrected chi connectivity index (χ4v) is 2.02. The number of rotatable bonds is 6. The van der Waals surface area contributed by atoms with Crippen LogP contribution in [0.15, 0.2) is 41.0 Å². The minimum atomic E-state index is -1.32. The van der Waals surface area contributed by atoms with Gasteiger partial charge in [0.15, 0.2) is 0 Å². The van der Waals surface area contributed by atoms with Gasteiger partial charge in [-0.3, -0.25) is 10.1 Å². The molecule has 7 heteroatoms. The topological polar surface area (TPSA) is 106 Å². The maximum atomic E-state index is 10.9. The van der Waals surface area contributed by atoms with Gasteiger partial charge in [-0.05, 0) is 31.2 Å². The highest BCUT2D eigenvalue weighted by atomic mass is 16.6. The number of furan rings is 1. The first-order chi connectivity index (χ1) is 9.97. The molecule has 0 radical (unpaired) electrons. The number of hydrogen-bond donors (Lipinski definition) is 2. The second-order valence-corrected chi connectivity index (χ2v) is 4.62. The van der Waals surface area contributed by atoms with Crippen molar-refractivity contribution >= 4 is 17.3 Å². The van der Waals surface area contributed by atoms with Gasteiger partial charge in [0.1, 0.15) is 11.3 Å². The van der Waals surface area contributed by atoms with Gasteiger partial charge in [-0.1, -0.05) is 0 Å². The molecule has 110 valence electrons. The Morgan fingerprint density at radius 3 is 2.81 bits per heavy atom. The van der Waals surface area contributed by atoms with E-state index >= 15 is 0 Å². The van der Waals surface area contributed by atoms with Gasteiger partial charge in [0, 0.05) is 24.2 Å². The Hall–Kier alpha value is -2.83. The smallest absolute Gasteiger partial charge is 0.342 e. The van der Waals surface area contributed by atoms with Crippen LogP contribution in [0.25, 0.3) is 0 Å². The lowest BCUT2D eigenvalue weighted by Gasteiger charge is -2.14. The Bertz CT molecular complexity index is 651. The van der Waals surface area contributed by atoms with Crippen molar-refractivity contribution < 1.29 is 19.2 Å². The van der Waals surface area contributed by atoms with Gasteiger partial charge < -0.3 is 14.8 Å². The van der Waals surface area contributed by atoms with Crippen LogP contribution in [0.4, 0.5) is 11.4 Å². The van der Waals surface area contributed by atoms with Crippen molar-refractivity contribution in [1.29, 1.82) is 0 Å². The fraction of sp³-hybridized carbons (Fsp3) is 0.214. The van der Waals surface area contributed by atoms with Gasteiger partial charge in [-0.25, -0.2) is 4.79 Å². The monoisotopic (exact) mass is 290 g/mol. The van der Waals surface area contributed by atoms with Crippen molar-refractivity contribution in [2.45, 2.75) is 19.4 Å². The molecular formula is C14H14N2O5. The van der Waals surface area contributed by atoms with Crippen molar-refractivity contribution in [3.63, 3.8) is 0 Å². The summed E-state index contributed by atoms with van der Waals surface area (Å²) in [6.45, 7) is 1.90. The molecule has 21 heavy (non-hydrogen) atoms. The molecule has 1 unspecified atom stereocenters. The Balaban J connectivity index is 2.15. The summed E-state index contributed by atoms with van der Waals surface area (Å²) in [7, 11) is 0. The molecule has 2 rings (SSSR count). The van der Waals surface area contributed by atoms with Gasteiger partial charge in [0.25, 0.3) is 5.69 Å². The molecule has 0 aliphatic heterocycles. The maximum absolute atomic E-state index is 10.9. The normalized spacial score (nSPS) is 11.9. The van der Waals surface area contributed by atoms with Crippen LogP contribution in [0.5, 0.6) is 0 Å². The van der Waals surface area contributed by atoms with E-state index in [1.165, 1.54) is 18.2 Å². The quantitative estimate of drug-likeness (QED) is 0.626. The van der Waals surface area contributed by atoms with E-state index in [-0.39, 0.29) is 11.6 Å². The predicted octanol–water partition coefficient (Wildman–Crippen LogP) is 2.93. The van der Waals surface area contributed by atoms with E-state index in [0.717, 1.165) is 5.76 Å². The van der Waals surface area contributed by atoms with Gasteiger partial charge in [-0.2, -0.15) is 0 Å². The second kappa shape index (κ2) is 6.08. The molecule has 0 fully saturated rings. The van der Waals surface area contributed by atoms with E-state index in [4.69, 9.17) is 9.52 Å². The standard InChI is InChI=1S/C14H14N2O5/c1-9(7-11-3-2-6-21-11)15-10-4-5-12(14(17)18)13(8-10)16(19)20/h2-6,8-9,15H,7H2,1H3,(H,17,18). The average Bonchev–Trinajstić information content (AvgIpc) is 2.90. The number of carboxylic acid groups (broad SMARTS) is 1. The van der Waals surface area contributed by atoms with Crippen molar-refractivity contribution in [3.05, 3.63) is 58.0 Å². The lowest BCUT2D eigenvalue weighted by molar-refractivity contribution is -0.385. The fourth-order valence-electron chi connectivity index (χ4n) is 2.02. The van der Waals surface area contributed by atoms with Gasteiger partial charge >= 0.3 is 5.97 Å². The van der Waals surface area contributed by atoms with Crippen LogP contribution in [0.1, 0.15) is 23.0 Å². The largest absolute Gasteiger partial charge is 0.477 e. The zero-order valence-electron chi connectivity index (χ0n) is 11.3. The van der Waals surface area contributed by atoms with Crippen LogP contribution < -0.4 is 5.32 Å². The molecule has 0 aliphatic carbocycles. The molecule has 0 saturated carbocycles. The van der Waals surface area contributed by atoms with Gasteiger partial charge in [0.05, 0.1) is 11.2 Å². The number of nitro benzene ring substituents is 1. The minimum Gasteiger partial charge on any atom is -0.477 e. The summed E-state index contributed by atoms with van der Waals surface area (Å²) in [5.41, 5.74) is -0.271. The van der Waals surface area contributed by atoms with Crippen LogP contribution in [0.2, 0.25) is 0 Å². The summed E-state index contributed by atoms with van der Waals surface area (Å²) in [4.78, 5) is 21.2. The van der Waals surface area contributed by atoms with E-state index in [2.05, 4.69) is 5.32 Å². The lowest BCUT2D eigenvalue weighted by Crippen LogP contribution is -2.18. The highest BCUT2D eigenvalue weighted by molar-refractivity contribution is 5.93. The second-order valence-electron chi connectivity index (χ2n) is 4.62. The summed E-state index contributed by atoms with van der Waals surface area (Å²) in [5, 5.41) is 22.9. The molecule has 0 saturated heterocycles. The average molecular weight is 290 g/mol. The van der Waals surface area contributed by atoms with Crippen molar-refractivity contribution in [2.24, 2.45) is 0 Å². The van der Waals surface area contributed by atoms with Crippen LogP contribution in [0.3, 0.4) is 0 Å². The number of carboxylic acids is 1. The van der Waals surface area contributed by atoms with Crippen LogP contribution in [0, 0.1) is 10.1 Å². The molecular weight excluding hydrogens is 276 g/mol. The molecule has 0 bridgehead atoms. The zero-order chi connectivity index (χ0) is 15.4. The number of nitrogens with zero attached hydrogens (tertiary/aromatic N) is 1. The highest BCUT2D eigenvalue weighted by Crippen LogP contribution is 2.24. The van der Waals surface area contributed by atoms with E-state index in [0.29, 0.717) is 12.1 Å². The lowest BCUT2D eigenvalue weighted by atomic mass is 10.1. The third kappa shape index (κ3) is 3.59. The Morgan fingerprint density at radius 2 is 2.24 bits per heavy atom. The minimum absolute atomic E-state index is 0.0218. The zero-order valence-corrected chi connectivity index (χ0v) is 11.3. The first kappa shape index (κ1) is 14.6. The van der Waals surface area contributed by atoms with Crippen molar-refractivity contribution in [3.8, 4) is 0 Å². The Morgan fingerprint density at radius 1 is 1.48 bits per heavy atom. The number of carbonyl (C=O) groups is 1. The number of nitro groups is 1. The van der Waals surface area contributed by atoms with Crippen LogP contribution >= 0.6 is 0 Å². The first-order valence-corrected chi connectivity index (χ1v) is 6.28. The molecule has 0 aliphatic rings. The molecule has 1 aromatic heterocycles. The highest BCUT2D eigenvalue weighted by Gasteiger charge is 2.20. The Labute approximate surface area is 120 Å². The summed E-state index contributed by atoms with van der Waals surface area (Å²) >= 11 is 0. The molecule has 2 aromatic rings. The van der Waals surface area contributed by atoms with Crippen LogP contribution in [-0.2, 0) is 6.42 Å². The molecule has 7 nitrogen and oxygen atoms in total. The molecule has 1 heterocycles. The summed E-state index contributed by atoms with van der Waals surface area (Å²) < 4.78 is 5.23. The molecule has 1 aromatic carbocycles. The molecule has 0 spiro atoms. The van der Waals surface area contributed by atoms with E-state index in [9.17, 15) is 14.9 Å². The number of hydrogen-bond acceptors (Lipinski definition) is 5. The summed E-state index contributed by atoms with van der Waals surface area (Å²) in [6, 6.07) is 7.56. The molecule has 0 amide bonds. The molecule has 2 N–H and O–H groups in total. The number of benzene rings is 1. The summed E-state index contributed by atoms with van der Waals surface area (Å²) in [6.07, 6.45) is 2.19. The summed E-state index contributed by atoms with van der Waals surface area (Å²) in [5.74, 6) is -0.525.